The maximum Gasteiger partial charge on any atom is 0.131 e. The van der Waals surface area contributed by atoms with Crippen LogP contribution in [0.1, 0.15) is 13.3 Å². The van der Waals surface area contributed by atoms with Crippen LogP contribution in [0.25, 0.3) is 0 Å². The van der Waals surface area contributed by atoms with E-state index in [9.17, 15) is 0 Å². The molecule has 0 aromatic heterocycles. The van der Waals surface area contributed by atoms with E-state index in [0.717, 1.165) is 0 Å². The Balaban J connectivity index is 3.71. The van der Waals surface area contributed by atoms with Crippen LogP contribution in [0.4, 0.5) is 0 Å². The van der Waals surface area contributed by atoms with Gasteiger partial charge in [-0.2, -0.15) is 0 Å². The third kappa shape index (κ3) is 1.75. The van der Waals surface area contributed by atoms with Crippen LogP contribution in [0.3, 0.4) is 0 Å². The Morgan fingerprint density at radius 2 is 1.75 bits per heavy atom. The van der Waals surface area contributed by atoms with Crippen LogP contribution in [0.2, 0.25) is 0 Å². The van der Waals surface area contributed by atoms with Gasteiger partial charge in [0.25, 0.3) is 0 Å². The molecule has 8 N–H and O–H groups in total. The monoisotopic (exact) mass is 117 g/mol. The van der Waals surface area contributed by atoms with Crippen molar-refractivity contribution in [1.29, 1.82) is 0 Å². The summed E-state index contributed by atoms with van der Waals surface area (Å²) in [5.41, 5.74) is 20.0. The molecule has 4 heteroatoms. The highest BCUT2D eigenvalue weighted by molar-refractivity contribution is 4.97. The number of hydrogen-bond donors (Lipinski definition) is 4. The first-order valence-electron chi connectivity index (χ1n) is 2.47. The maximum atomic E-state index is 5.35. The summed E-state index contributed by atoms with van der Waals surface area (Å²) < 4.78 is 0. The minimum absolute atomic E-state index is 0.0833. The smallest absolute Gasteiger partial charge is 0.131 e. The largest absolute Gasteiger partial charge is 0.311 e. The summed E-state index contributed by atoms with van der Waals surface area (Å²) in [6.07, 6.45) is 0.634. The zero-order valence-electron chi connectivity index (χ0n) is 5.02. The highest BCUT2D eigenvalue weighted by Gasteiger charge is 2.22. The maximum absolute atomic E-state index is 5.35. The van der Waals surface area contributed by atoms with Gasteiger partial charge in [0, 0.05) is 0 Å². The Kier molecular flexibility index (Phi) is 2.36. The lowest BCUT2D eigenvalue weighted by Crippen LogP contribution is -2.60. The van der Waals surface area contributed by atoms with Crippen LogP contribution in [0, 0.1) is 6.17 Å². The van der Waals surface area contributed by atoms with Crippen molar-refractivity contribution in [3.8, 4) is 0 Å². The van der Waals surface area contributed by atoms with Crippen molar-refractivity contribution in [3.05, 3.63) is 6.17 Å². The normalized spacial score (nSPS) is 12.8. The molecule has 0 aliphatic carbocycles. The van der Waals surface area contributed by atoms with E-state index in [-0.39, 0.29) is 6.17 Å². The van der Waals surface area contributed by atoms with Crippen LogP contribution in [0.5, 0.6) is 0 Å². The molecule has 0 aromatic rings. The van der Waals surface area contributed by atoms with Crippen LogP contribution in [0.15, 0.2) is 0 Å². The Morgan fingerprint density at radius 1 is 1.38 bits per heavy atom. The van der Waals surface area contributed by atoms with Gasteiger partial charge in [-0.05, 0) is 6.42 Å². The van der Waals surface area contributed by atoms with Gasteiger partial charge in [0.05, 0.1) is 5.66 Å². The molecule has 0 aromatic carbocycles. The molecule has 0 unspecified atom stereocenters. The van der Waals surface area contributed by atoms with Crippen molar-refractivity contribution >= 4 is 0 Å². The van der Waals surface area contributed by atoms with E-state index in [1.54, 1.807) is 0 Å². The third-order valence-electron chi connectivity index (χ3n) is 1.12. The number of hydrogen-bond acceptors (Lipinski definition) is 4. The van der Waals surface area contributed by atoms with Gasteiger partial charge in [-0.25, -0.2) is 0 Å². The summed E-state index contributed by atoms with van der Waals surface area (Å²) in [4.78, 5) is 0. The van der Waals surface area contributed by atoms with Crippen molar-refractivity contribution < 1.29 is 0 Å². The molecule has 0 amide bonds. The van der Waals surface area contributed by atoms with Crippen molar-refractivity contribution in [2.24, 2.45) is 22.9 Å². The molecular formula is C4H13N4. The van der Waals surface area contributed by atoms with Gasteiger partial charge >= 0.3 is 0 Å². The topological polar surface area (TPSA) is 104 Å². The summed E-state index contributed by atoms with van der Waals surface area (Å²) >= 11 is 0. The molecule has 0 saturated carbocycles. The molecular weight excluding hydrogens is 104 g/mol. The van der Waals surface area contributed by atoms with E-state index in [1.165, 1.54) is 0 Å². The second-order valence-electron chi connectivity index (χ2n) is 1.85. The van der Waals surface area contributed by atoms with Gasteiger partial charge in [0.15, 0.2) is 0 Å². The molecule has 0 bridgehead atoms. The van der Waals surface area contributed by atoms with Crippen molar-refractivity contribution in [1.82, 2.24) is 0 Å². The van der Waals surface area contributed by atoms with E-state index < -0.39 is 5.66 Å². The molecule has 0 saturated heterocycles. The van der Waals surface area contributed by atoms with Gasteiger partial charge in [-0.1, -0.05) is 6.92 Å². The second-order valence-corrected chi connectivity index (χ2v) is 1.85. The zero-order valence-corrected chi connectivity index (χ0v) is 5.02. The van der Waals surface area contributed by atoms with Gasteiger partial charge in [-0.15, -0.1) is 0 Å². The van der Waals surface area contributed by atoms with Crippen molar-refractivity contribution in [3.63, 3.8) is 0 Å². The zero-order chi connectivity index (χ0) is 6.78. The minimum Gasteiger partial charge on any atom is -0.311 e. The Morgan fingerprint density at radius 3 is 1.75 bits per heavy atom. The first-order chi connectivity index (χ1) is 3.50. The van der Waals surface area contributed by atoms with Gasteiger partial charge in [-0.3, -0.25) is 0 Å². The van der Waals surface area contributed by atoms with Crippen molar-refractivity contribution in [2.45, 2.75) is 19.0 Å². The lowest BCUT2D eigenvalue weighted by Gasteiger charge is -2.24. The van der Waals surface area contributed by atoms with Crippen LogP contribution < -0.4 is 22.9 Å². The number of rotatable bonds is 2. The predicted molar refractivity (Wildman–Crippen MR) is 33.0 cm³/mol. The molecule has 8 heavy (non-hydrogen) atoms. The third-order valence-corrected chi connectivity index (χ3v) is 1.12. The summed E-state index contributed by atoms with van der Waals surface area (Å²) in [5, 5.41) is 0. The highest BCUT2D eigenvalue weighted by atomic mass is 15.1. The van der Waals surface area contributed by atoms with Crippen molar-refractivity contribution in [2.75, 3.05) is 0 Å². The van der Waals surface area contributed by atoms with Gasteiger partial charge in [0.2, 0.25) is 0 Å². The van der Waals surface area contributed by atoms with E-state index in [4.69, 9.17) is 22.9 Å². The molecule has 0 aliphatic rings. The quantitative estimate of drug-likeness (QED) is 0.327. The molecule has 0 fully saturated rings. The summed E-state index contributed by atoms with van der Waals surface area (Å²) in [6.45, 7) is 1.82. The Hall–Kier alpha value is -0.160. The molecule has 49 valence electrons. The minimum atomic E-state index is -0.986. The van der Waals surface area contributed by atoms with Crippen LogP contribution >= 0.6 is 0 Å². The van der Waals surface area contributed by atoms with E-state index in [1.807, 2.05) is 6.92 Å². The van der Waals surface area contributed by atoms with Crippen LogP contribution in [-0.4, -0.2) is 5.66 Å². The first kappa shape index (κ1) is 7.84. The highest BCUT2D eigenvalue weighted by Crippen LogP contribution is 2.01. The second kappa shape index (κ2) is 2.41. The van der Waals surface area contributed by atoms with E-state index in [2.05, 4.69) is 0 Å². The average molecular weight is 117 g/mol. The Bertz CT molecular complexity index is 68.4. The summed E-state index contributed by atoms with van der Waals surface area (Å²) in [7, 11) is 0. The summed E-state index contributed by atoms with van der Waals surface area (Å²) in [5.74, 6) is 0. The van der Waals surface area contributed by atoms with Gasteiger partial charge in [0.1, 0.15) is 6.17 Å². The predicted octanol–water partition coefficient (Wildman–Crippen LogP) is -1.58. The average Bonchev–Trinajstić information content (AvgIpc) is 1.67. The SMILES string of the molecule is CCC(N)(N)[C](N)N. The molecule has 0 aliphatic heterocycles. The van der Waals surface area contributed by atoms with E-state index >= 15 is 0 Å². The van der Waals surface area contributed by atoms with E-state index in [0.29, 0.717) is 6.42 Å². The molecule has 4 nitrogen and oxygen atoms in total. The number of nitrogens with two attached hydrogens (primary N) is 4. The fraction of sp³-hybridized carbons (Fsp3) is 0.750. The molecule has 0 atom stereocenters. The lowest BCUT2D eigenvalue weighted by molar-refractivity contribution is 0.431. The lowest BCUT2D eigenvalue weighted by atomic mass is 10.1. The molecule has 0 spiro atoms. The Labute approximate surface area is 49.2 Å². The fourth-order valence-corrected chi connectivity index (χ4v) is 0.204. The van der Waals surface area contributed by atoms with Gasteiger partial charge < -0.3 is 22.9 Å². The molecule has 0 rings (SSSR count). The van der Waals surface area contributed by atoms with Crippen LogP contribution in [-0.2, 0) is 0 Å². The fourth-order valence-electron chi connectivity index (χ4n) is 0.204. The molecule has 0 heterocycles. The standard InChI is InChI=1S/C4H13N4/c1-2-4(7,8)3(5)6/h2,5-8H2,1H3. The molecule has 1 radical (unpaired) electrons. The first-order valence-corrected chi connectivity index (χ1v) is 2.47. The summed E-state index contributed by atoms with van der Waals surface area (Å²) in [6, 6.07) is 0.